The van der Waals surface area contributed by atoms with Gasteiger partial charge in [-0.25, -0.2) is 0 Å². The third kappa shape index (κ3) is 5.24. The summed E-state index contributed by atoms with van der Waals surface area (Å²) in [5.74, 6) is -0.735. The molecule has 0 radical (unpaired) electrons. The number of nitrogens with one attached hydrogen (secondary N) is 1. The number of nitrogens with two attached hydrogens (primary N) is 1. The van der Waals surface area contributed by atoms with Crippen molar-refractivity contribution in [3.05, 3.63) is 28.7 Å². The maximum atomic E-state index is 11.6. The average molecular weight is 267 g/mol. The van der Waals surface area contributed by atoms with Gasteiger partial charge in [0.05, 0.1) is 13.0 Å². The van der Waals surface area contributed by atoms with E-state index < -0.39 is 0 Å². The predicted molar refractivity (Wildman–Crippen MR) is 69.4 cm³/mol. The second-order valence-corrected chi connectivity index (χ2v) is 3.83. The first-order chi connectivity index (χ1) is 9.02. The van der Waals surface area contributed by atoms with Gasteiger partial charge in [-0.2, -0.15) is 0 Å². The van der Waals surface area contributed by atoms with Gasteiger partial charge in [-0.05, 0) is 13.0 Å². The lowest BCUT2D eigenvalue weighted by molar-refractivity contribution is -0.143. The fraction of sp³-hybridized carbons (Fsp3) is 0.417. The van der Waals surface area contributed by atoms with Crippen LogP contribution in [0.5, 0.6) is 0 Å². The van der Waals surface area contributed by atoms with Gasteiger partial charge in [0, 0.05) is 24.5 Å². The number of nitrogens with zero attached hydrogens (tertiary/aromatic N) is 1. The molecule has 0 saturated heterocycles. The summed E-state index contributed by atoms with van der Waals surface area (Å²) in [4.78, 5) is 34.0. The molecule has 0 aliphatic carbocycles. The molecule has 0 fully saturated rings. The summed E-state index contributed by atoms with van der Waals surface area (Å²) in [6.45, 7) is 2.07. The molecule has 7 heteroatoms. The zero-order valence-electron chi connectivity index (χ0n) is 10.7. The topological polar surface area (TPSA) is 103 Å². The first kappa shape index (κ1) is 14.7. The van der Waals surface area contributed by atoms with E-state index in [4.69, 9.17) is 10.5 Å². The van der Waals surface area contributed by atoms with Gasteiger partial charge >= 0.3 is 5.97 Å². The Morgan fingerprint density at radius 3 is 2.84 bits per heavy atom. The minimum atomic E-state index is -0.371. The van der Waals surface area contributed by atoms with Crippen molar-refractivity contribution in [3.8, 4) is 0 Å². The average Bonchev–Trinajstić information content (AvgIpc) is 2.34. The monoisotopic (exact) mass is 267 g/mol. The van der Waals surface area contributed by atoms with Gasteiger partial charge in [0.25, 0.3) is 5.56 Å². The zero-order valence-corrected chi connectivity index (χ0v) is 10.7. The summed E-state index contributed by atoms with van der Waals surface area (Å²) in [6, 6.07) is 2.76. The van der Waals surface area contributed by atoms with Crippen LogP contribution in [0, 0.1) is 0 Å². The Balaban J connectivity index is 2.41. The van der Waals surface area contributed by atoms with E-state index in [1.165, 1.54) is 22.9 Å². The van der Waals surface area contributed by atoms with Crippen LogP contribution in [0.4, 0.5) is 5.69 Å². The van der Waals surface area contributed by atoms with Gasteiger partial charge in [0.1, 0.15) is 6.54 Å². The first-order valence-corrected chi connectivity index (χ1v) is 5.91. The second kappa shape index (κ2) is 7.20. The molecule has 1 aromatic rings. The molecule has 3 N–H and O–H groups in total. The molecule has 1 aromatic heterocycles. The number of nitrogen functional groups attached to an aromatic ring is 1. The van der Waals surface area contributed by atoms with Crippen molar-refractivity contribution < 1.29 is 14.3 Å². The van der Waals surface area contributed by atoms with Crippen molar-refractivity contribution in [3.63, 3.8) is 0 Å². The van der Waals surface area contributed by atoms with E-state index in [1.807, 2.05) is 0 Å². The highest BCUT2D eigenvalue weighted by molar-refractivity contribution is 5.77. The van der Waals surface area contributed by atoms with Crippen LogP contribution < -0.4 is 16.6 Å². The Hall–Kier alpha value is -2.31. The van der Waals surface area contributed by atoms with Gasteiger partial charge in [0.15, 0.2) is 0 Å². The van der Waals surface area contributed by atoms with Crippen molar-refractivity contribution >= 4 is 17.6 Å². The van der Waals surface area contributed by atoms with E-state index in [-0.39, 0.29) is 36.9 Å². The molecule has 0 saturated carbocycles. The summed E-state index contributed by atoms with van der Waals surface area (Å²) in [5, 5.41) is 2.53. The van der Waals surface area contributed by atoms with Crippen molar-refractivity contribution in [2.75, 3.05) is 18.9 Å². The van der Waals surface area contributed by atoms with Crippen molar-refractivity contribution in [2.24, 2.45) is 0 Å². The number of pyridine rings is 1. The summed E-state index contributed by atoms with van der Waals surface area (Å²) in [7, 11) is 0. The Morgan fingerprint density at radius 1 is 1.42 bits per heavy atom. The summed E-state index contributed by atoms with van der Waals surface area (Å²) in [5.41, 5.74) is 5.62. The molecule has 0 bridgehead atoms. The van der Waals surface area contributed by atoms with E-state index >= 15 is 0 Å². The van der Waals surface area contributed by atoms with Gasteiger partial charge in [-0.1, -0.05) is 0 Å². The summed E-state index contributed by atoms with van der Waals surface area (Å²) < 4.78 is 5.92. The van der Waals surface area contributed by atoms with Crippen molar-refractivity contribution in [1.82, 2.24) is 9.88 Å². The van der Waals surface area contributed by atoms with Gasteiger partial charge in [-0.15, -0.1) is 0 Å². The summed E-state index contributed by atoms with van der Waals surface area (Å²) in [6.07, 6.45) is 1.50. The highest BCUT2D eigenvalue weighted by Gasteiger charge is 2.06. The third-order valence-electron chi connectivity index (χ3n) is 2.28. The maximum Gasteiger partial charge on any atom is 0.307 e. The normalized spacial score (nSPS) is 9.95. The van der Waals surface area contributed by atoms with E-state index in [2.05, 4.69) is 5.32 Å². The Labute approximate surface area is 110 Å². The fourth-order valence-corrected chi connectivity index (χ4v) is 1.42. The Bertz CT molecular complexity index is 510. The Morgan fingerprint density at radius 2 is 2.16 bits per heavy atom. The molecule has 0 unspecified atom stereocenters. The molecule has 0 atom stereocenters. The molecule has 1 rings (SSSR count). The van der Waals surface area contributed by atoms with Crippen LogP contribution >= 0.6 is 0 Å². The lowest BCUT2D eigenvalue weighted by atomic mass is 10.4. The quantitative estimate of drug-likeness (QED) is 0.676. The predicted octanol–water partition coefficient (Wildman–Crippen LogP) is -0.500. The molecule has 7 nitrogen and oxygen atoms in total. The number of hydrogen-bond acceptors (Lipinski definition) is 5. The number of aromatic nitrogens is 1. The van der Waals surface area contributed by atoms with Gasteiger partial charge < -0.3 is 20.4 Å². The second-order valence-electron chi connectivity index (χ2n) is 3.83. The molecule has 0 aromatic carbocycles. The van der Waals surface area contributed by atoms with Crippen LogP contribution in [0.25, 0.3) is 0 Å². The van der Waals surface area contributed by atoms with Crippen LogP contribution in [0.2, 0.25) is 0 Å². The number of carbonyl (C=O) groups excluding carboxylic acids is 2. The van der Waals surface area contributed by atoms with E-state index in [9.17, 15) is 14.4 Å². The van der Waals surface area contributed by atoms with Crippen molar-refractivity contribution in [2.45, 2.75) is 19.9 Å². The number of carbonyl (C=O) groups is 2. The number of rotatable bonds is 6. The zero-order chi connectivity index (χ0) is 14.3. The third-order valence-corrected chi connectivity index (χ3v) is 2.28. The molecule has 0 spiro atoms. The number of anilines is 1. The SMILES string of the molecule is CCOC(=O)CCNC(=O)Cn1cc(N)ccc1=O. The summed E-state index contributed by atoms with van der Waals surface area (Å²) >= 11 is 0. The molecule has 0 aliphatic rings. The van der Waals surface area contributed by atoms with Crippen LogP contribution in [0.3, 0.4) is 0 Å². The molecule has 1 amide bonds. The highest BCUT2D eigenvalue weighted by atomic mass is 16.5. The molecule has 0 aliphatic heterocycles. The molecule has 104 valence electrons. The van der Waals surface area contributed by atoms with Gasteiger partial charge in [-0.3, -0.25) is 14.4 Å². The van der Waals surface area contributed by atoms with E-state index in [1.54, 1.807) is 6.92 Å². The number of amides is 1. The largest absolute Gasteiger partial charge is 0.466 e. The number of ether oxygens (including phenoxy) is 1. The van der Waals surface area contributed by atoms with Crippen molar-refractivity contribution in [1.29, 1.82) is 0 Å². The maximum absolute atomic E-state index is 11.6. The van der Waals surface area contributed by atoms with Crippen LogP contribution in [0.1, 0.15) is 13.3 Å². The molecule has 19 heavy (non-hydrogen) atoms. The number of hydrogen-bond donors (Lipinski definition) is 2. The molecule has 1 heterocycles. The molecular formula is C12H17N3O4. The highest BCUT2D eigenvalue weighted by Crippen LogP contribution is 1.95. The number of esters is 1. The first-order valence-electron chi connectivity index (χ1n) is 5.91. The lowest BCUT2D eigenvalue weighted by Gasteiger charge is -2.07. The Kier molecular flexibility index (Phi) is 5.59. The van der Waals surface area contributed by atoms with Crippen LogP contribution in [0.15, 0.2) is 23.1 Å². The van der Waals surface area contributed by atoms with E-state index in [0.717, 1.165) is 0 Å². The minimum absolute atomic E-state index is 0.103. The minimum Gasteiger partial charge on any atom is -0.466 e. The molecular weight excluding hydrogens is 250 g/mol. The van der Waals surface area contributed by atoms with Gasteiger partial charge in [0.2, 0.25) is 5.91 Å². The lowest BCUT2D eigenvalue weighted by Crippen LogP contribution is -2.33. The van der Waals surface area contributed by atoms with Crippen LogP contribution in [-0.2, 0) is 20.9 Å². The fourth-order valence-electron chi connectivity index (χ4n) is 1.42. The standard InChI is InChI=1S/C12H17N3O4/c1-2-19-12(18)5-6-14-10(16)8-15-7-9(13)3-4-11(15)17/h3-4,7H,2,5-6,8,13H2,1H3,(H,14,16). The van der Waals surface area contributed by atoms with Crippen LogP contribution in [-0.4, -0.2) is 29.6 Å². The van der Waals surface area contributed by atoms with E-state index in [0.29, 0.717) is 12.3 Å². The smallest absolute Gasteiger partial charge is 0.307 e.